The molecule has 0 atom stereocenters. The third-order valence-electron chi connectivity index (χ3n) is 3.66. The predicted molar refractivity (Wildman–Crippen MR) is 92.9 cm³/mol. The number of aromatic nitrogens is 2. The van der Waals surface area contributed by atoms with E-state index in [9.17, 15) is 9.18 Å². The van der Waals surface area contributed by atoms with Gasteiger partial charge in [-0.3, -0.25) is 4.79 Å². The fourth-order valence-corrected chi connectivity index (χ4v) is 3.60. The maximum atomic E-state index is 13.2. The van der Waals surface area contributed by atoms with Crippen molar-refractivity contribution in [2.45, 2.75) is 19.8 Å². The van der Waals surface area contributed by atoms with Crippen molar-refractivity contribution in [1.29, 1.82) is 0 Å². The minimum absolute atomic E-state index is 0.106. The number of benzene rings is 1. The van der Waals surface area contributed by atoms with E-state index in [1.54, 1.807) is 23.5 Å². The van der Waals surface area contributed by atoms with Crippen LogP contribution in [0.3, 0.4) is 0 Å². The van der Waals surface area contributed by atoms with Gasteiger partial charge in [0, 0.05) is 23.4 Å². The Hall–Kier alpha value is -2.54. The fraction of sp³-hybridized carbons (Fsp3) is 0.235. The third kappa shape index (κ3) is 3.35. The molecule has 124 valence electrons. The largest absolute Gasteiger partial charge is 0.481 e. The third-order valence-corrected chi connectivity index (χ3v) is 4.67. The summed E-state index contributed by atoms with van der Waals surface area (Å²) in [5, 5.41) is 12.8. The molecular formula is C17H16FN3O2S. The van der Waals surface area contributed by atoms with Crippen LogP contribution in [-0.4, -0.2) is 27.6 Å². The first-order valence-corrected chi connectivity index (χ1v) is 8.33. The van der Waals surface area contributed by atoms with Crippen LogP contribution in [0, 0.1) is 12.7 Å². The number of anilines is 1. The summed E-state index contributed by atoms with van der Waals surface area (Å²) in [7, 11) is 0. The highest BCUT2D eigenvalue weighted by Crippen LogP contribution is 2.40. The average molecular weight is 345 g/mol. The van der Waals surface area contributed by atoms with Gasteiger partial charge in [0.15, 0.2) is 0 Å². The van der Waals surface area contributed by atoms with E-state index in [0.29, 0.717) is 18.8 Å². The molecule has 0 amide bonds. The van der Waals surface area contributed by atoms with Crippen molar-refractivity contribution in [3.05, 3.63) is 41.3 Å². The van der Waals surface area contributed by atoms with E-state index in [-0.39, 0.29) is 12.2 Å². The normalized spacial score (nSPS) is 10.9. The van der Waals surface area contributed by atoms with Crippen molar-refractivity contribution in [1.82, 2.24) is 9.97 Å². The number of rotatable bonds is 6. The lowest BCUT2D eigenvalue weighted by molar-refractivity contribution is -0.137. The summed E-state index contributed by atoms with van der Waals surface area (Å²) in [5.74, 6) is -0.420. The monoisotopic (exact) mass is 345 g/mol. The summed E-state index contributed by atoms with van der Waals surface area (Å²) in [5.41, 5.74) is 1.89. The highest BCUT2D eigenvalue weighted by molar-refractivity contribution is 7.19. The van der Waals surface area contributed by atoms with Crippen LogP contribution in [-0.2, 0) is 4.79 Å². The van der Waals surface area contributed by atoms with Gasteiger partial charge in [0.25, 0.3) is 0 Å². The molecule has 0 aliphatic heterocycles. The molecule has 0 aliphatic carbocycles. The first-order chi connectivity index (χ1) is 11.6. The van der Waals surface area contributed by atoms with Crippen LogP contribution in [0.5, 0.6) is 0 Å². The van der Waals surface area contributed by atoms with Gasteiger partial charge in [-0.05, 0) is 31.0 Å². The van der Waals surface area contributed by atoms with Crippen molar-refractivity contribution in [3.63, 3.8) is 0 Å². The Morgan fingerprint density at radius 3 is 2.75 bits per heavy atom. The molecule has 0 spiro atoms. The minimum Gasteiger partial charge on any atom is -0.481 e. The lowest BCUT2D eigenvalue weighted by Crippen LogP contribution is -2.06. The zero-order valence-corrected chi connectivity index (χ0v) is 13.9. The second-order valence-corrected chi connectivity index (χ2v) is 6.57. The van der Waals surface area contributed by atoms with Crippen molar-refractivity contribution < 1.29 is 14.3 Å². The van der Waals surface area contributed by atoms with Crippen LogP contribution >= 0.6 is 11.3 Å². The highest BCUT2D eigenvalue weighted by Gasteiger charge is 2.16. The molecular weight excluding hydrogens is 329 g/mol. The van der Waals surface area contributed by atoms with E-state index >= 15 is 0 Å². The van der Waals surface area contributed by atoms with Crippen molar-refractivity contribution >= 4 is 33.3 Å². The summed E-state index contributed by atoms with van der Waals surface area (Å²) in [6, 6.07) is 6.35. The van der Waals surface area contributed by atoms with E-state index in [1.165, 1.54) is 18.5 Å². The first-order valence-electron chi connectivity index (χ1n) is 7.52. The van der Waals surface area contributed by atoms with E-state index in [0.717, 1.165) is 26.2 Å². The molecule has 7 heteroatoms. The number of carboxylic acid groups (broad SMARTS) is 1. The summed E-state index contributed by atoms with van der Waals surface area (Å²) < 4.78 is 13.2. The van der Waals surface area contributed by atoms with E-state index in [2.05, 4.69) is 15.3 Å². The Labute approximate surface area is 142 Å². The highest BCUT2D eigenvalue weighted by atomic mass is 32.1. The molecule has 24 heavy (non-hydrogen) atoms. The number of fused-ring (bicyclic) bond motifs is 1. The van der Waals surface area contributed by atoms with Gasteiger partial charge in [0.2, 0.25) is 0 Å². The van der Waals surface area contributed by atoms with Crippen LogP contribution in [0.25, 0.3) is 21.3 Å². The maximum Gasteiger partial charge on any atom is 0.303 e. The molecule has 2 aromatic heterocycles. The number of hydrogen-bond acceptors (Lipinski definition) is 5. The van der Waals surface area contributed by atoms with Gasteiger partial charge < -0.3 is 10.4 Å². The number of carboxylic acids is 1. The number of hydrogen-bond donors (Lipinski definition) is 2. The zero-order valence-electron chi connectivity index (χ0n) is 13.0. The Morgan fingerprint density at radius 2 is 2.04 bits per heavy atom. The summed E-state index contributed by atoms with van der Waals surface area (Å²) >= 11 is 1.56. The van der Waals surface area contributed by atoms with Gasteiger partial charge in [-0.15, -0.1) is 11.3 Å². The molecule has 0 bridgehead atoms. The van der Waals surface area contributed by atoms with E-state index in [4.69, 9.17) is 5.11 Å². The smallest absolute Gasteiger partial charge is 0.303 e. The quantitative estimate of drug-likeness (QED) is 0.658. The van der Waals surface area contributed by atoms with Crippen molar-refractivity contribution in [2.24, 2.45) is 0 Å². The molecule has 3 rings (SSSR count). The van der Waals surface area contributed by atoms with Crippen molar-refractivity contribution in [2.75, 3.05) is 11.9 Å². The standard InChI is InChI=1S/C17H16FN3O2S/c1-10-14(11-4-6-12(18)7-5-11)15-16(19-8-2-3-13(22)23)20-9-21-17(15)24-10/h4-7,9H,2-3,8H2,1H3,(H,22,23)(H,19,20,21). The second-order valence-electron chi connectivity index (χ2n) is 5.37. The Morgan fingerprint density at radius 1 is 1.29 bits per heavy atom. The maximum absolute atomic E-state index is 13.2. The van der Waals surface area contributed by atoms with Crippen LogP contribution in [0.4, 0.5) is 10.2 Å². The SMILES string of the molecule is Cc1sc2ncnc(NCCCC(=O)O)c2c1-c1ccc(F)cc1. The van der Waals surface area contributed by atoms with E-state index < -0.39 is 5.97 Å². The summed E-state index contributed by atoms with van der Waals surface area (Å²) in [6.07, 6.45) is 2.11. The number of carbonyl (C=O) groups is 1. The topological polar surface area (TPSA) is 75.1 Å². The molecule has 0 aliphatic rings. The van der Waals surface area contributed by atoms with Crippen LogP contribution in [0.1, 0.15) is 17.7 Å². The minimum atomic E-state index is -0.817. The molecule has 2 N–H and O–H groups in total. The molecule has 0 saturated carbocycles. The second kappa shape index (κ2) is 6.92. The molecule has 5 nitrogen and oxygen atoms in total. The first kappa shape index (κ1) is 16.3. The van der Waals surface area contributed by atoms with Crippen molar-refractivity contribution in [3.8, 4) is 11.1 Å². The van der Waals surface area contributed by atoms with Gasteiger partial charge in [-0.2, -0.15) is 0 Å². The van der Waals surface area contributed by atoms with Gasteiger partial charge in [-0.25, -0.2) is 14.4 Å². The molecule has 0 saturated heterocycles. The number of halogens is 1. The summed E-state index contributed by atoms with van der Waals surface area (Å²) in [4.78, 5) is 21.2. The Bertz CT molecular complexity index is 877. The number of nitrogens with one attached hydrogen (secondary N) is 1. The van der Waals surface area contributed by atoms with Gasteiger partial charge in [0.1, 0.15) is 22.8 Å². The van der Waals surface area contributed by atoms with Crippen LogP contribution < -0.4 is 5.32 Å². The zero-order chi connectivity index (χ0) is 17.1. The predicted octanol–water partition coefficient (Wildman–Crippen LogP) is 4.08. The molecule has 0 fully saturated rings. The Kier molecular flexibility index (Phi) is 4.71. The number of thiophene rings is 1. The Balaban J connectivity index is 1.98. The van der Waals surface area contributed by atoms with Gasteiger partial charge in [0.05, 0.1) is 5.39 Å². The molecule has 3 aromatic rings. The fourth-order valence-electron chi connectivity index (χ4n) is 2.59. The molecule has 1 aromatic carbocycles. The molecule has 0 unspecified atom stereocenters. The number of aryl methyl sites for hydroxylation is 1. The number of nitrogens with zero attached hydrogens (tertiary/aromatic N) is 2. The van der Waals surface area contributed by atoms with E-state index in [1.807, 2.05) is 6.92 Å². The number of aliphatic carboxylic acids is 1. The lowest BCUT2D eigenvalue weighted by Gasteiger charge is -2.08. The van der Waals surface area contributed by atoms with Gasteiger partial charge in [-0.1, -0.05) is 12.1 Å². The van der Waals surface area contributed by atoms with Crippen LogP contribution in [0.15, 0.2) is 30.6 Å². The lowest BCUT2D eigenvalue weighted by atomic mass is 10.0. The molecule has 2 heterocycles. The average Bonchev–Trinajstić information content (AvgIpc) is 2.89. The van der Waals surface area contributed by atoms with Crippen LogP contribution in [0.2, 0.25) is 0 Å². The summed E-state index contributed by atoms with van der Waals surface area (Å²) in [6.45, 7) is 2.51. The molecule has 0 radical (unpaired) electrons. The van der Waals surface area contributed by atoms with Gasteiger partial charge >= 0.3 is 5.97 Å².